The van der Waals surface area contributed by atoms with Crippen molar-refractivity contribution < 1.29 is 13.9 Å². The average Bonchev–Trinajstić information content (AvgIpc) is 2.62. The molecule has 0 radical (unpaired) electrons. The Kier molecular flexibility index (Phi) is 5.16. The van der Waals surface area contributed by atoms with Gasteiger partial charge in [-0.1, -0.05) is 12.1 Å². The number of amides is 2. The number of aromatic nitrogens is 2. The van der Waals surface area contributed by atoms with Crippen molar-refractivity contribution in [3.8, 4) is 11.6 Å². The third-order valence-electron chi connectivity index (χ3n) is 3.24. The number of pyridine rings is 2. The molecule has 0 aliphatic heterocycles. The highest BCUT2D eigenvalue weighted by atomic mass is 19.1. The number of benzene rings is 1. The van der Waals surface area contributed by atoms with Crippen molar-refractivity contribution in [1.82, 2.24) is 15.3 Å². The number of carbonyl (C=O) groups excluding carboxylic acids is 1. The molecule has 0 atom stereocenters. The standard InChI is InChI=1S/C18H15FN4O2/c19-14-4-1-5-16(11-14)25-17-13(3-2-8-21-17)12-22-18(24)23-15-6-9-20-10-7-15/h1-11H,12H2,(H2,20,22,23,24). The Bertz CT molecular complexity index is 858. The number of carbonyl (C=O) groups is 1. The molecule has 0 aliphatic rings. The molecule has 3 aromatic rings. The maximum Gasteiger partial charge on any atom is 0.319 e. The Labute approximate surface area is 143 Å². The van der Waals surface area contributed by atoms with Gasteiger partial charge in [0.2, 0.25) is 5.88 Å². The van der Waals surface area contributed by atoms with Crippen LogP contribution >= 0.6 is 0 Å². The van der Waals surface area contributed by atoms with E-state index in [9.17, 15) is 9.18 Å². The number of urea groups is 1. The van der Waals surface area contributed by atoms with Crippen molar-refractivity contribution in [1.29, 1.82) is 0 Å². The average molecular weight is 338 g/mol. The van der Waals surface area contributed by atoms with Crippen LogP contribution in [0, 0.1) is 5.82 Å². The van der Waals surface area contributed by atoms with Crippen molar-refractivity contribution >= 4 is 11.7 Å². The van der Waals surface area contributed by atoms with Crippen molar-refractivity contribution in [2.45, 2.75) is 6.54 Å². The third kappa shape index (κ3) is 4.74. The van der Waals surface area contributed by atoms with E-state index in [1.807, 2.05) is 0 Å². The third-order valence-corrected chi connectivity index (χ3v) is 3.24. The topological polar surface area (TPSA) is 76.1 Å². The predicted molar refractivity (Wildman–Crippen MR) is 90.8 cm³/mol. The Morgan fingerprint density at radius 3 is 2.72 bits per heavy atom. The van der Waals surface area contributed by atoms with Gasteiger partial charge in [0.05, 0.1) is 0 Å². The van der Waals surface area contributed by atoms with Gasteiger partial charge in [-0.25, -0.2) is 14.2 Å². The largest absolute Gasteiger partial charge is 0.439 e. The van der Waals surface area contributed by atoms with Crippen LogP contribution in [0.3, 0.4) is 0 Å². The summed E-state index contributed by atoms with van der Waals surface area (Å²) in [5, 5.41) is 5.41. The van der Waals surface area contributed by atoms with E-state index in [1.54, 1.807) is 55.0 Å². The van der Waals surface area contributed by atoms with Crippen LogP contribution < -0.4 is 15.4 Å². The van der Waals surface area contributed by atoms with Gasteiger partial charge >= 0.3 is 6.03 Å². The minimum atomic E-state index is -0.398. The van der Waals surface area contributed by atoms with Gasteiger partial charge in [0.1, 0.15) is 11.6 Å². The van der Waals surface area contributed by atoms with Crippen LogP contribution in [-0.2, 0) is 6.54 Å². The van der Waals surface area contributed by atoms with E-state index in [-0.39, 0.29) is 12.6 Å². The first-order chi connectivity index (χ1) is 12.2. The summed E-state index contributed by atoms with van der Waals surface area (Å²) in [6.07, 6.45) is 4.73. The van der Waals surface area contributed by atoms with E-state index >= 15 is 0 Å². The number of ether oxygens (including phenoxy) is 1. The number of hydrogen-bond donors (Lipinski definition) is 2. The van der Waals surface area contributed by atoms with Gasteiger partial charge in [-0.05, 0) is 30.3 Å². The first-order valence-electron chi connectivity index (χ1n) is 7.53. The first-order valence-corrected chi connectivity index (χ1v) is 7.53. The zero-order valence-corrected chi connectivity index (χ0v) is 13.1. The molecule has 2 amide bonds. The van der Waals surface area contributed by atoms with Gasteiger partial charge in [0, 0.05) is 42.5 Å². The van der Waals surface area contributed by atoms with Gasteiger partial charge in [-0.2, -0.15) is 0 Å². The van der Waals surface area contributed by atoms with Gasteiger partial charge < -0.3 is 15.4 Å². The molecule has 0 bridgehead atoms. The highest BCUT2D eigenvalue weighted by Gasteiger charge is 2.09. The number of rotatable bonds is 5. The number of halogens is 1. The smallest absolute Gasteiger partial charge is 0.319 e. The summed E-state index contributed by atoms with van der Waals surface area (Å²) in [7, 11) is 0. The lowest BCUT2D eigenvalue weighted by Crippen LogP contribution is -2.28. The molecule has 126 valence electrons. The number of nitrogens with zero attached hydrogens (tertiary/aromatic N) is 2. The summed E-state index contributed by atoms with van der Waals surface area (Å²) in [6, 6.07) is 12.3. The molecule has 0 fully saturated rings. The maximum atomic E-state index is 13.3. The monoisotopic (exact) mass is 338 g/mol. The second-order valence-corrected chi connectivity index (χ2v) is 5.07. The number of anilines is 1. The molecular formula is C18H15FN4O2. The normalized spacial score (nSPS) is 10.1. The minimum Gasteiger partial charge on any atom is -0.439 e. The van der Waals surface area contributed by atoms with Crippen molar-refractivity contribution in [3.05, 3.63) is 78.5 Å². The summed E-state index contributed by atoms with van der Waals surface area (Å²) in [5.74, 6) is 0.239. The van der Waals surface area contributed by atoms with Crippen LogP contribution in [0.4, 0.5) is 14.9 Å². The molecule has 6 nitrogen and oxygen atoms in total. The highest BCUT2D eigenvalue weighted by Crippen LogP contribution is 2.23. The van der Waals surface area contributed by atoms with E-state index in [0.29, 0.717) is 22.9 Å². The van der Waals surface area contributed by atoms with E-state index in [4.69, 9.17) is 4.74 Å². The van der Waals surface area contributed by atoms with E-state index < -0.39 is 5.82 Å². The van der Waals surface area contributed by atoms with Gasteiger partial charge in [-0.15, -0.1) is 0 Å². The molecule has 0 unspecified atom stereocenters. The zero-order valence-electron chi connectivity index (χ0n) is 13.1. The Morgan fingerprint density at radius 1 is 1.08 bits per heavy atom. The SMILES string of the molecule is O=C(NCc1cccnc1Oc1cccc(F)c1)Nc1ccncc1. The Balaban J connectivity index is 1.64. The highest BCUT2D eigenvalue weighted by molar-refractivity contribution is 5.89. The van der Waals surface area contributed by atoms with Crippen LogP contribution in [0.2, 0.25) is 0 Å². The Morgan fingerprint density at radius 2 is 1.92 bits per heavy atom. The molecule has 2 heterocycles. The molecule has 0 aliphatic carbocycles. The van der Waals surface area contributed by atoms with Crippen molar-refractivity contribution in [2.24, 2.45) is 0 Å². The van der Waals surface area contributed by atoms with Crippen molar-refractivity contribution in [3.63, 3.8) is 0 Å². The summed E-state index contributed by atoms with van der Waals surface area (Å²) in [5.41, 5.74) is 1.30. The summed E-state index contributed by atoms with van der Waals surface area (Å²) >= 11 is 0. The molecule has 3 rings (SSSR count). The zero-order chi connectivity index (χ0) is 17.5. The Hall–Kier alpha value is -3.48. The van der Waals surface area contributed by atoms with Gasteiger partial charge in [-0.3, -0.25) is 4.98 Å². The molecule has 25 heavy (non-hydrogen) atoms. The fourth-order valence-corrected chi connectivity index (χ4v) is 2.08. The fourth-order valence-electron chi connectivity index (χ4n) is 2.08. The minimum absolute atomic E-state index is 0.204. The van der Waals surface area contributed by atoms with Crippen LogP contribution in [0.15, 0.2) is 67.1 Å². The van der Waals surface area contributed by atoms with E-state index in [2.05, 4.69) is 20.6 Å². The quantitative estimate of drug-likeness (QED) is 0.743. The molecular weight excluding hydrogens is 323 g/mol. The maximum absolute atomic E-state index is 13.3. The summed E-state index contributed by atoms with van der Waals surface area (Å²) in [6.45, 7) is 0.204. The molecule has 7 heteroatoms. The lowest BCUT2D eigenvalue weighted by Gasteiger charge is -2.11. The molecule has 0 spiro atoms. The van der Waals surface area contributed by atoms with Gasteiger partial charge in [0.25, 0.3) is 0 Å². The van der Waals surface area contributed by atoms with E-state index in [0.717, 1.165) is 0 Å². The molecule has 0 saturated heterocycles. The molecule has 2 N–H and O–H groups in total. The van der Waals surface area contributed by atoms with Crippen LogP contribution in [0.1, 0.15) is 5.56 Å². The molecule has 0 saturated carbocycles. The molecule has 1 aromatic carbocycles. The second kappa shape index (κ2) is 7.87. The lowest BCUT2D eigenvalue weighted by molar-refractivity contribution is 0.251. The molecule has 2 aromatic heterocycles. The summed E-state index contributed by atoms with van der Waals surface area (Å²) in [4.78, 5) is 20.0. The number of hydrogen-bond acceptors (Lipinski definition) is 4. The van der Waals surface area contributed by atoms with Crippen LogP contribution in [-0.4, -0.2) is 16.0 Å². The fraction of sp³-hybridized carbons (Fsp3) is 0.0556. The lowest BCUT2D eigenvalue weighted by atomic mass is 10.2. The van der Waals surface area contributed by atoms with E-state index in [1.165, 1.54) is 12.1 Å². The first kappa shape index (κ1) is 16.4. The van der Waals surface area contributed by atoms with Crippen LogP contribution in [0.25, 0.3) is 0 Å². The van der Waals surface area contributed by atoms with Crippen molar-refractivity contribution in [2.75, 3.05) is 5.32 Å². The number of nitrogens with one attached hydrogen (secondary N) is 2. The second-order valence-electron chi connectivity index (χ2n) is 5.07. The van der Waals surface area contributed by atoms with Gasteiger partial charge in [0.15, 0.2) is 0 Å². The predicted octanol–water partition coefficient (Wildman–Crippen LogP) is 3.73. The summed E-state index contributed by atoms with van der Waals surface area (Å²) < 4.78 is 18.9. The van der Waals surface area contributed by atoms with Crippen LogP contribution in [0.5, 0.6) is 11.6 Å².